The van der Waals surface area contributed by atoms with Crippen LogP contribution in [-0.2, 0) is 18.3 Å². The van der Waals surface area contributed by atoms with E-state index < -0.39 is 0 Å². The van der Waals surface area contributed by atoms with Gasteiger partial charge in [-0.1, -0.05) is 18.2 Å². The Morgan fingerprint density at radius 3 is 2.78 bits per heavy atom. The van der Waals surface area contributed by atoms with E-state index in [4.69, 9.17) is 0 Å². The number of carbonyl (C=O) groups is 1. The third-order valence-electron chi connectivity index (χ3n) is 4.46. The van der Waals surface area contributed by atoms with Crippen LogP contribution in [0.25, 0.3) is 11.4 Å². The molecule has 1 amide bonds. The van der Waals surface area contributed by atoms with E-state index in [1.165, 1.54) is 5.56 Å². The average molecular weight is 312 g/mol. The van der Waals surface area contributed by atoms with Crippen LogP contribution in [0.2, 0.25) is 0 Å². The molecule has 0 aliphatic heterocycles. The molecule has 5 nitrogen and oxygen atoms in total. The second-order valence-corrected chi connectivity index (χ2v) is 6.25. The predicted molar refractivity (Wildman–Crippen MR) is 89.9 cm³/mol. The molecule has 0 spiro atoms. The Bertz CT molecular complexity index is 683. The molecular weight excluding hydrogens is 288 g/mol. The van der Waals surface area contributed by atoms with E-state index in [2.05, 4.69) is 29.1 Å². The molecule has 0 N–H and O–H groups in total. The Hall–Kier alpha value is -2.17. The summed E-state index contributed by atoms with van der Waals surface area (Å²) in [6.45, 7) is 5.57. The van der Waals surface area contributed by atoms with Crippen LogP contribution < -0.4 is 0 Å². The highest BCUT2D eigenvalue weighted by Gasteiger charge is 2.32. The van der Waals surface area contributed by atoms with E-state index in [9.17, 15) is 4.79 Å². The molecule has 1 fully saturated rings. The number of aryl methyl sites for hydroxylation is 2. The largest absolute Gasteiger partial charge is 0.342 e. The summed E-state index contributed by atoms with van der Waals surface area (Å²) < 4.78 is 1.79. The molecule has 1 aliphatic carbocycles. The number of aromatic nitrogens is 3. The Balaban J connectivity index is 1.68. The fourth-order valence-electron chi connectivity index (χ4n) is 2.73. The monoisotopic (exact) mass is 312 g/mol. The maximum atomic E-state index is 12.2. The van der Waals surface area contributed by atoms with Gasteiger partial charge in [-0.15, -0.1) is 0 Å². The van der Waals surface area contributed by atoms with Gasteiger partial charge in [0.05, 0.1) is 0 Å². The van der Waals surface area contributed by atoms with Crippen LogP contribution in [-0.4, -0.2) is 38.7 Å². The van der Waals surface area contributed by atoms with E-state index in [0.717, 1.165) is 49.6 Å². The summed E-state index contributed by atoms with van der Waals surface area (Å²) in [5.41, 5.74) is 2.25. The predicted octanol–water partition coefficient (Wildman–Crippen LogP) is 2.59. The van der Waals surface area contributed by atoms with Gasteiger partial charge in [0, 0.05) is 31.6 Å². The van der Waals surface area contributed by atoms with Crippen molar-refractivity contribution in [3.63, 3.8) is 0 Å². The number of hydrogen-bond donors (Lipinski definition) is 0. The standard InChI is InChI=1S/C18H24N4O/c1-4-22(18(23)15-8-9-15)11-10-14-6-5-7-16(12-14)17-19-13(2)21(3)20-17/h5-7,12,15H,4,8-11H2,1-3H3. The van der Waals surface area contributed by atoms with Crippen LogP contribution >= 0.6 is 0 Å². The first kappa shape index (κ1) is 15.7. The first-order chi connectivity index (χ1) is 11.1. The quantitative estimate of drug-likeness (QED) is 0.824. The van der Waals surface area contributed by atoms with Crippen LogP contribution in [0.4, 0.5) is 0 Å². The molecule has 0 unspecified atom stereocenters. The number of nitrogens with zero attached hydrogens (tertiary/aromatic N) is 4. The number of carbonyl (C=O) groups excluding carboxylic acids is 1. The summed E-state index contributed by atoms with van der Waals surface area (Å²) in [5, 5.41) is 4.43. The van der Waals surface area contributed by atoms with Gasteiger partial charge in [-0.3, -0.25) is 9.48 Å². The molecule has 0 radical (unpaired) electrons. The minimum absolute atomic E-state index is 0.293. The lowest BCUT2D eigenvalue weighted by atomic mass is 10.1. The van der Waals surface area contributed by atoms with Crippen molar-refractivity contribution in [2.45, 2.75) is 33.1 Å². The van der Waals surface area contributed by atoms with Crippen molar-refractivity contribution < 1.29 is 4.79 Å². The zero-order valence-electron chi connectivity index (χ0n) is 14.1. The normalized spacial score (nSPS) is 14.0. The highest BCUT2D eigenvalue weighted by Crippen LogP contribution is 2.31. The van der Waals surface area contributed by atoms with Gasteiger partial charge in [-0.05, 0) is 44.7 Å². The topological polar surface area (TPSA) is 51.0 Å². The van der Waals surface area contributed by atoms with Gasteiger partial charge in [-0.2, -0.15) is 5.10 Å². The number of rotatable bonds is 6. The highest BCUT2D eigenvalue weighted by atomic mass is 16.2. The molecule has 3 rings (SSSR count). The second-order valence-electron chi connectivity index (χ2n) is 6.25. The first-order valence-electron chi connectivity index (χ1n) is 8.34. The number of amides is 1. The highest BCUT2D eigenvalue weighted by molar-refractivity contribution is 5.81. The third-order valence-corrected chi connectivity index (χ3v) is 4.46. The lowest BCUT2D eigenvalue weighted by molar-refractivity contribution is -0.132. The molecule has 0 atom stereocenters. The molecule has 1 heterocycles. The summed E-state index contributed by atoms with van der Waals surface area (Å²) in [6.07, 6.45) is 3.00. The molecular formula is C18H24N4O. The molecule has 1 aliphatic rings. The van der Waals surface area contributed by atoms with Crippen molar-refractivity contribution in [2.24, 2.45) is 13.0 Å². The number of hydrogen-bond acceptors (Lipinski definition) is 3. The van der Waals surface area contributed by atoms with Gasteiger partial charge in [0.25, 0.3) is 0 Å². The Kier molecular flexibility index (Phi) is 4.46. The van der Waals surface area contributed by atoms with Gasteiger partial charge >= 0.3 is 0 Å². The maximum absolute atomic E-state index is 12.2. The minimum Gasteiger partial charge on any atom is -0.342 e. The van der Waals surface area contributed by atoms with Crippen molar-refractivity contribution in [3.8, 4) is 11.4 Å². The smallest absolute Gasteiger partial charge is 0.225 e. The van der Waals surface area contributed by atoms with E-state index in [1.807, 2.05) is 31.0 Å². The molecule has 0 saturated heterocycles. The summed E-state index contributed by atoms with van der Waals surface area (Å²) in [5.74, 6) is 2.28. The molecule has 0 bridgehead atoms. The summed E-state index contributed by atoms with van der Waals surface area (Å²) in [6, 6.07) is 8.31. The summed E-state index contributed by atoms with van der Waals surface area (Å²) >= 11 is 0. The maximum Gasteiger partial charge on any atom is 0.225 e. The Labute approximate surface area is 137 Å². The van der Waals surface area contributed by atoms with Gasteiger partial charge in [0.15, 0.2) is 5.82 Å². The summed E-state index contributed by atoms with van der Waals surface area (Å²) in [4.78, 5) is 18.6. The molecule has 1 aromatic carbocycles. The van der Waals surface area contributed by atoms with Crippen LogP contribution in [0.15, 0.2) is 24.3 Å². The summed E-state index contributed by atoms with van der Waals surface area (Å²) in [7, 11) is 1.90. The Morgan fingerprint density at radius 2 is 2.17 bits per heavy atom. The fourth-order valence-corrected chi connectivity index (χ4v) is 2.73. The molecule has 2 aromatic rings. The van der Waals surface area contributed by atoms with Crippen molar-refractivity contribution in [3.05, 3.63) is 35.7 Å². The van der Waals surface area contributed by atoms with Crippen LogP contribution in [0.3, 0.4) is 0 Å². The SMILES string of the molecule is CCN(CCc1cccc(-c2nc(C)n(C)n2)c1)C(=O)C1CC1. The molecule has 1 aromatic heterocycles. The van der Waals surface area contributed by atoms with Gasteiger partial charge in [0.2, 0.25) is 5.91 Å². The van der Waals surface area contributed by atoms with E-state index >= 15 is 0 Å². The Morgan fingerprint density at radius 1 is 1.39 bits per heavy atom. The zero-order valence-corrected chi connectivity index (χ0v) is 14.1. The second kappa shape index (κ2) is 6.52. The average Bonchev–Trinajstić information content (AvgIpc) is 3.34. The fraction of sp³-hybridized carbons (Fsp3) is 0.500. The zero-order chi connectivity index (χ0) is 16.4. The third kappa shape index (κ3) is 3.60. The lowest BCUT2D eigenvalue weighted by Crippen LogP contribution is -2.33. The van der Waals surface area contributed by atoms with Crippen molar-refractivity contribution >= 4 is 5.91 Å². The minimum atomic E-state index is 0.293. The molecule has 122 valence electrons. The first-order valence-corrected chi connectivity index (χ1v) is 8.34. The number of benzene rings is 1. The van der Waals surface area contributed by atoms with Gasteiger partial charge < -0.3 is 4.90 Å². The molecule has 23 heavy (non-hydrogen) atoms. The van der Waals surface area contributed by atoms with Crippen LogP contribution in [0.1, 0.15) is 31.2 Å². The van der Waals surface area contributed by atoms with E-state index in [-0.39, 0.29) is 0 Å². The van der Waals surface area contributed by atoms with Crippen LogP contribution in [0.5, 0.6) is 0 Å². The van der Waals surface area contributed by atoms with E-state index in [0.29, 0.717) is 11.8 Å². The lowest BCUT2D eigenvalue weighted by Gasteiger charge is -2.20. The van der Waals surface area contributed by atoms with Crippen molar-refractivity contribution in [2.75, 3.05) is 13.1 Å². The van der Waals surface area contributed by atoms with E-state index in [1.54, 1.807) is 4.68 Å². The van der Waals surface area contributed by atoms with Crippen molar-refractivity contribution in [1.82, 2.24) is 19.7 Å². The number of likely N-dealkylation sites (N-methyl/N-ethyl adjacent to an activating group) is 1. The van der Waals surface area contributed by atoms with Gasteiger partial charge in [0.1, 0.15) is 5.82 Å². The molecule has 1 saturated carbocycles. The van der Waals surface area contributed by atoms with Crippen molar-refractivity contribution in [1.29, 1.82) is 0 Å². The molecule has 5 heteroatoms. The van der Waals surface area contributed by atoms with Gasteiger partial charge in [-0.25, -0.2) is 4.98 Å². The van der Waals surface area contributed by atoms with Crippen LogP contribution in [0, 0.1) is 12.8 Å².